The summed E-state index contributed by atoms with van der Waals surface area (Å²) in [7, 11) is 1.81. The molecule has 168 valence electrons. The molecule has 1 unspecified atom stereocenters. The van der Waals surface area contributed by atoms with Crippen LogP contribution in [0.1, 0.15) is 56.1 Å². The molecule has 0 amide bonds. The first kappa shape index (κ1) is 23.0. The highest BCUT2D eigenvalue weighted by Crippen LogP contribution is 2.14. The largest absolute Gasteiger partial charge is 0.379 e. The fraction of sp³-hybridized carbons (Fsp3) is 0.708. The van der Waals surface area contributed by atoms with E-state index in [4.69, 9.17) is 9.47 Å². The molecule has 0 aromatic heterocycles. The molecule has 6 heteroatoms. The molecule has 2 saturated heterocycles. The number of hydrogen-bond acceptors (Lipinski definition) is 4. The zero-order chi connectivity index (χ0) is 20.9. The summed E-state index contributed by atoms with van der Waals surface area (Å²) >= 11 is 0. The number of nitrogens with zero attached hydrogens (tertiary/aromatic N) is 2. The monoisotopic (exact) mass is 416 g/mol. The van der Waals surface area contributed by atoms with Crippen LogP contribution in [0.3, 0.4) is 0 Å². The molecule has 2 heterocycles. The second-order valence-electron chi connectivity index (χ2n) is 8.42. The third-order valence-electron chi connectivity index (χ3n) is 5.90. The predicted octanol–water partition coefficient (Wildman–Crippen LogP) is 3.31. The quantitative estimate of drug-likeness (QED) is 0.348. The molecule has 2 aliphatic heterocycles. The van der Waals surface area contributed by atoms with Gasteiger partial charge in [-0.05, 0) is 56.3 Å². The van der Waals surface area contributed by atoms with Gasteiger partial charge < -0.3 is 20.1 Å². The van der Waals surface area contributed by atoms with Gasteiger partial charge in [0.15, 0.2) is 5.96 Å². The van der Waals surface area contributed by atoms with Gasteiger partial charge in [0.2, 0.25) is 0 Å². The van der Waals surface area contributed by atoms with Crippen molar-refractivity contribution in [1.29, 1.82) is 0 Å². The van der Waals surface area contributed by atoms with Crippen LogP contribution in [0, 0.1) is 0 Å². The minimum Gasteiger partial charge on any atom is -0.379 e. The Bertz CT molecular complexity index is 606. The van der Waals surface area contributed by atoms with Gasteiger partial charge >= 0.3 is 0 Å². The lowest BCUT2D eigenvalue weighted by atomic mass is 10.1. The van der Waals surface area contributed by atoms with Crippen LogP contribution in [0.25, 0.3) is 0 Å². The second kappa shape index (κ2) is 13.6. The fourth-order valence-corrected chi connectivity index (χ4v) is 4.09. The topological polar surface area (TPSA) is 58.1 Å². The lowest BCUT2D eigenvalue weighted by Crippen LogP contribution is -2.37. The van der Waals surface area contributed by atoms with Gasteiger partial charge in [0.25, 0.3) is 0 Å². The van der Waals surface area contributed by atoms with E-state index >= 15 is 0 Å². The molecule has 2 aliphatic rings. The standard InChI is InChI=1S/C24H40N4O2/c1-25-24(26-13-7-16-29-20-23-8-6-17-30-23)27-18-21-9-11-22(12-10-21)19-28-14-4-2-3-5-15-28/h9-12,23H,2-8,13-20H2,1H3,(H2,25,26,27). The molecule has 0 radical (unpaired) electrons. The summed E-state index contributed by atoms with van der Waals surface area (Å²) in [5, 5.41) is 6.76. The first-order valence-electron chi connectivity index (χ1n) is 11.8. The third-order valence-corrected chi connectivity index (χ3v) is 5.90. The van der Waals surface area contributed by atoms with E-state index in [0.717, 1.165) is 58.3 Å². The number of nitrogens with one attached hydrogen (secondary N) is 2. The predicted molar refractivity (Wildman–Crippen MR) is 123 cm³/mol. The van der Waals surface area contributed by atoms with E-state index in [2.05, 4.69) is 44.8 Å². The van der Waals surface area contributed by atoms with Gasteiger partial charge in [-0.1, -0.05) is 37.1 Å². The molecule has 2 fully saturated rings. The molecule has 1 aromatic rings. The second-order valence-corrected chi connectivity index (χ2v) is 8.42. The molecular formula is C24H40N4O2. The highest BCUT2D eigenvalue weighted by Gasteiger charge is 2.15. The average Bonchev–Trinajstić information content (AvgIpc) is 3.16. The molecule has 2 N–H and O–H groups in total. The molecule has 0 saturated carbocycles. The zero-order valence-corrected chi connectivity index (χ0v) is 18.7. The van der Waals surface area contributed by atoms with Gasteiger partial charge in [-0.2, -0.15) is 0 Å². The number of likely N-dealkylation sites (tertiary alicyclic amines) is 1. The summed E-state index contributed by atoms with van der Waals surface area (Å²) in [5.41, 5.74) is 2.68. The van der Waals surface area contributed by atoms with Crippen LogP contribution in [-0.2, 0) is 22.6 Å². The average molecular weight is 417 g/mol. The van der Waals surface area contributed by atoms with Crippen molar-refractivity contribution in [2.45, 2.75) is 64.1 Å². The van der Waals surface area contributed by atoms with Crippen molar-refractivity contribution in [3.05, 3.63) is 35.4 Å². The van der Waals surface area contributed by atoms with Crippen LogP contribution < -0.4 is 10.6 Å². The van der Waals surface area contributed by atoms with E-state index in [1.807, 2.05) is 7.05 Å². The molecule has 0 aliphatic carbocycles. The Labute approximate surface area is 182 Å². The van der Waals surface area contributed by atoms with Crippen molar-refractivity contribution in [2.24, 2.45) is 4.99 Å². The Morgan fingerprint density at radius 3 is 2.53 bits per heavy atom. The minimum absolute atomic E-state index is 0.308. The van der Waals surface area contributed by atoms with E-state index in [1.54, 1.807) is 0 Å². The summed E-state index contributed by atoms with van der Waals surface area (Å²) in [6.07, 6.45) is 9.02. The summed E-state index contributed by atoms with van der Waals surface area (Å²) in [5.74, 6) is 0.836. The van der Waals surface area contributed by atoms with Crippen LogP contribution in [0.15, 0.2) is 29.3 Å². The Hall–Kier alpha value is -1.63. The van der Waals surface area contributed by atoms with Crippen LogP contribution in [0.5, 0.6) is 0 Å². The number of benzene rings is 1. The van der Waals surface area contributed by atoms with Gasteiger partial charge in [-0.3, -0.25) is 9.89 Å². The van der Waals surface area contributed by atoms with E-state index in [9.17, 15) is 0 Å². The van der Waals surface area contributed by atoms with Crippen molar-refractivity contribution < 1.29 is 9.47 Å². The molecule has 1 aromatic carbocycles. The number of guanidine groups is 1. The summed E-state index contributed by atoms with van der Waals surface area (Å²) in [4.78, 5) is 6.91. The molecular weight excluding hydrogens is 376 g/mol. The SMILES string of the molecule is CN=C(NCCCOCC1CCCO1)NCc1ccc(CN2CCCCCC2)cc1. The van der Waals surface area contributed by atoms with Gasteiger partial charge in [0, 0.05) is 39.9 Å². The summed E-state index contributed by atoms with van der Waals surface area (Å²) in [6, 6.07) is 8.99. The summed E-state index contributed by atoms with van der Waals surface area (Å²) in [6.45, 7) is 7.54. The number of ether oxygens (including phenoxy) is 2. The highest BCUT2D eigenvalue weighted by molar-refractivity contribution is 5.79. The van der Waals surface area contributed by atoms with Gasteiger partial charge in [-0.25, -0.2) is 0 Å². The van der Waals surface area contributed by atoms with Crippen LogP contribution in [0.4, 0.5) is 0 Å². The van der Waals surface area contributed by atoms with E-state index in [1.165, 1.54) is 56.3 Å². The van der Waals surface area contributed by atoms with Crippen LogP contribution in [-0.4, -0.2) is 63.5 Å². The molecule has 6 nitrogen and oxygen atoms in total. The van der Waals surface area contributed by atoms with Crippen molar-refractivity contribution in [3.63, 3.8) is 0 Å². The van der Waals surface area contributed by atoms with Gasteiger partial charge in [0.1, 0.15) is 0 Å². The molecule has 0 bridgehead atoms. The molecule has 30 heavy (non-hydrogen) atoms. The van der Waals surface area contributed by atoms with E-state index in [-0.39, 0.29) is 0 Å². The number of aliphatic imine (C=N–C) groups is 1. The van der Waals surface area contributed by atoms with Crippen molar-refractivity contribution in [3.8, 4) is 0 Å². The van der Waals surface area contributed by atoms with Crippen molar-refractivity contribution >= 4 is 5.96 Å². The maximum atomic E-state index is 5.71. The van der Waals surface area contributed by atoms with E-state index in [0.29, 0.717) is 6.10 Å². The fourth-order valence-electron chi connectivity index (χ4n) is 4.09. The summed E-state index contributed by atoms with van der Waals surface area (Å²) < 4.78 is 11.3. The molecule has 1 atom stereocenters. The molecule has 0 spiro atoms. The van der Waals surface area contributed by atoms with Crippen molar-refractivity contribution in [1.82, 2.24) is 15.5 Å². The maximum absolute atomic E-state index is 5.71. The zero-order valence-electron chi connectivity index (χ0n) is 18.7. The number of rotatable bonds is 10. The smallest absolute Gasteiger partial charge is 0.191 e. The first-order chi connectivity index (χ1) is 14.8. The Morgan fingerprint density at radius 1 is 1.07 bits per heavy atom. The van der Waals surface area contributed by atoms with Crippen molar-refractivity contribution in [2.75, 3.05) is 46.5 Å². The minimum atomic E-state index is 0.308. The first-order valence-corrected chi connectivity index (χ1v) is 11.8. The lowest BCUT2D eigenvalue weighted by molar-refractivity contribution is 0.0168. The highest BCUT2D eigenvalue weighted by atomic mass is 16.5. The Balaban J connectivity index is 1.28. The lowest BCUT2D eigenvalue weighted by Gasteiger charge is -2.20. The number of hydrogen-bond donors (Lipinski definition) is 2. The van der Waals surface area contributed by atoms with Crippen LogP contribution in [0.2, 0.25) is 0 Å². The molecule has 3 rings (SSSR count). The van der Waals surface area contributed by atoms with Gasteiger partial charge in [0.05, 0.1) is 12.7 Å². The van der Waals surface area contributed by atoms with Gasteiger partial charge in [-0.15, -0.1) is 0 Å². The van der Waals surface area contributed by atoms with E-state index < -0.39 is 0 Å². The Kier molecular flexibility index (Phi) is 10.5. The Morgan fingerprint density at radius 2 is 1.83 bits per heavy atom. The van der Waals surface area contributed by atoms with Crippen LogP contribution >= 0.6 is 0 Å². The third kappa shape index (κ3) is 8.62. The maximum Gasteiger partial charge on any atom is 0.191 e. The normalized spacial score (nSPS) is 20.8.